The normalized spacial score (nSPS) is 10.7. The Morgan fingerprint density at radius 2 is 2.25 bits per heavy atom. The highest BCUT2D eigenvalue weighted by Crippen LogP contribution is 2.25. The number of aromatic nitrogens is 2. The Morgan fingerprint density at radius 3 is 2.90 bits per heavy atom. The number of H-pyrrole nitrogens is 1. The predicted octanol–water partition coefficient (Wildman–Crippen LogP) is 2.10. The van der Waals surface area contributed by atoms with Gasteiger partial charge in [0.2, 0.25) is 5.91 Å². The predicted molar refractivity (Wildman–Crippen MR) is 81.5 cm³/mol. The van der Waals surface area contributed by atoms with E-state index in [1.165, 1.54) is 0 Å². The minimum Gasteiger partial charge on any atom is -0.342 e. The molecule has 0 saturated carbocycles. The second kappa shape index (κ2) is 7.21. The van der Waals surface area contributed by atoms with E-state index in [1.807, 2.05) is 36.4 Å². The number of hydrogen-bond donors (Lipinski definition) is 2. The summed E-state index contributed by atoms with van der Waals surface area (Å²) in [5.74, 6) is 0.135. The molecule has 0 radical (unpaired) electrons. The molecule has 0 fully saturated rings. The van der Waals surface area contributed by atoms with E-state index in [2.05, 4.69) is 21.6 Å². The van der Waals surface area contributed by atoms with Crippen molar-refractivity contribution in [2.24, 2.45) is 0 Å². The van der Waals surface area contributed by atoms with Gasteiger partial charge in [0.15, 0.2) is 0 Å². The first-order valence-corrected chi connectivity index (χ1v) is 7.68. The number of likely N-dealkylation sites (N-methyl/N-ethyl adjacent to an activating group) is 1. The van der Waals surface area contributed by atoms with E-state index in [0.717, 1.165) is 29.2 Å². The van der Waals surface area contributed by atoms with Crippen LogP contribution in [0.2, 0.25) is 0 Å². The number of nitrogens with zero attached hydrogens (tertiary/aromatic N) is 2. The fourth-order valence-corrected chi connectivity index (χ4v) is 2.83. The fourth-order valence-electron chi connectivity index (χ4n) is 2.07. The molecule has 108 valence electrons. The first-order valence-electron chi connectivity index (χ1n) is 6.80. The van der Waals surface area contributed by atoms with Crippen LogP contribution in [0.1, 0.15) is 19.4 Å². The van der Waals surface area contributed by atoms with Crippen LogP contribution in [0.3, 0.4) is 0 Å². The van der Waals surface area contributed by atoms with E-state index in [0.29, 0.717) is 13.1 Å². The van der Waals surface area contributed by atoms with Crippen molar-refractivity contribution < 1.29 is 4.79 Å². The van der Waals surface area contributed by atoms with E-state index < -0.39 is 0 Å². The van der Waals surface area contributed by atoms with Gasteiger partial charge in [-0.05, 0) is 25.3 Å². The lowest BCUT2D eigenvalue weighted by Crippen LogP contribution is -2.37. The van der Waals surface area contributed by atoms with Crippen LogP contribution >= 0.6 is 11.3 Å². The highest BCUT2D eigenvalue weighted by atomic mass is 32.1. The monoisotopic (exact) mass is 292 g/mol. The Hall–Kier alpha value is -1.66. The van der Waals surface area contributed by atoms with Crippen LogP contribution in [0, 0.1) is 0 Å². The standard InChI is InChI=1S/C14H20N4OS/c1-3-18(4-2)13(19)10-15-8-11-9-16-17-14(11)12-6-5-7-20-12/h5-7,9,15H,3-4,8,10H2,1-2H3,(H,16,17). The Kier molecular flexibility index (Phi) is 5.31. The van der Waals surface area contributed by atoms with Gasteiger partial charge in [-0.3, -0.25) is 9.89 Å². The maximum absolute atomic E-state index is 11.9. The van der Waals surface area contributed by atoms with Crippen molar-refractivity contribution in [3.63, 3.8) is 0 Å². The van der Waals surface area contributed by atoms with Crippen molar-refractivity contribution in [1.29, 1.82) is 0 Å². The van der Waals surface area contributed by atoms with Crippen LogP contribution in [-0.4, -0.2) is 40.6 Å². The highest BCUT2D eigenvalue weighted by molar-refractivity contribution is 7.13. The molecule has 2 rings (SSSR count). The molecule has 2 aromatic rings. The van der Waals surface area contributed by atoms with Crippen molar-refractivity contribution >= 4 is 17.2 Å². The molecule has 0 aliphatic rings. The first-order chi connectivity index (χ1) is 9.76. The molecule has 0 atom stereocenters. The second-order valence-corrected chi connectivity index (χ2v) is 5.36. The first kappa shape index (κ1) is 14.7. The molecule has 6 heteroatoms. The van der Waals surface area contributed by atoms with E-state index in [4.69, 9.17) is 0 Å². The summed E-state index contributed by atoms with van der Waals surface area (Å²) in [5, 5.41) is 12.3. The molecule has 0 aliphatic heterocycles. The van der Waals surface area contributed by atoms with Gasteiger partial charge >= 0.3 is 0 Å². The molecule has 20 heavy (non-hydrogen) atoms. The minimum absolute atomic E-state index is 0.135. The molecular weight excluding hydrogens is 272 g/mol. The lowest BCUT2D eigenvalue weighted by molar-refractivity contribution is -0.129. The van der Waals surface area contributed by atoms with Crippen LogP contribution in [0.25, 0.3) is 10.6 Å². The van der Waals surface area contributed by atoms with Gasteiger partial charge in [-0.1, -0.05) is 6.07 Å². The minimum atomic E-state index is 0.135. The molecule has 0 aromatic carbocycles. The average molecular weight is 292 g/mol. The van der Waals surface area contributed by atoms with Gasteiger partial charge in [0, 0.05) is 25.2 Å². The smallest absolute Gasteiger partial charge is 0.236 e. The zero-order valence-electron chi connectivity index (χ0n) is 11.8. The maximum atomic E-state index is 11.9. The lowest BCUT2D eigenvalue weighted by atomic mass is 10.2. The molecule has 2 N–H and O–H groups in total. The summed E-state index contributed by atoms with van der Waals surface area (Å²) in [6.45, 7) is 6.48. The summed E-state index contributed by atoms with van der Waals surface area (Å²) in [5.41, 5.74) is 2.11. The molecule has 0 spiro atoms. The van der Waals surface area contributed by atoms with Gasteiger partial charge in [0.05, 0.1) is 23.3 Å². The maximum Gasteiger partial charge on any atom is 0.236 e. The third-order valence-electron chi connectivity index (χ3n) is 3.19. The summed E-state index contributed by atoms with van der Waals surface area (Å²) < 4.78 is 0. The van der Waals surface area contributed by atoms with Gasteiger partial charge in [-0.25, -0.2) is 0 Å². The molecule has 1 amide bonds. The zero-order valence-corrected chi connectivity index (χ0v) is 12.7. The number of carbonyl (C=O) groups is 1. The summed E-state index contributed by atoms with van der Waals surface area (Å²) in [6, 6.07) is 4.07. The van der Waals surface area contributed by atoms with Crippen molar-refractivity contribution in [3.8, 4) is 10.6 Å². The molecule has 2 heterocycles. The number of aromatic amines is 1. The van der Waals surface area contributed by atoms with Gasteiger partial charge in [0.1, 0.15) is 0 Å². The van der Waals surface area contributed by atoms with Crippen LogP contribution in [0.15, 0.2) is 23.7 Å². The summed E-state index contributed by atoms with van der Waals surface area (Å²) in [7, 11) is 0. The molecule has 0 aliphatic carbocycles. The Bertz CT molecular complexity index is 531. The van der Waals surface area contributed by atoms with E-state index in [-0.39, 0.29) is 5.91 Å². The van der Waals surface area contributed by atoms with Gasteiger partial charge < -0.3 is 10.2 Å². The highest BCUT2D eigenvalue weighted by Gasteiger charge is 2.11. The average Bonchev–Trinajstić information content (AvgIpc) is 3.10. The number of hydrogen-bond acceptors (Lipinski definition) is 4. The fraction of sp³-hybridized carbons (Fsp3) is 0.429. The van der Waals surface area contributed by atoms with Crippen LogP contribution in [-0.2, 0) is 11.3 Å². The third kappa shape index (κ3) is 3.46. The molecule has 2 aromatic heterocycles. The molecule has 5 nitrogen and oxygen atoms in total. The van der Waals surface area contributed by atoms with Gasteiger partial charge in [0.25, 0.3) is 0 Å². The SMILES string of the molecule is CCN(CC)C(=O)CNCc1cn[nH]c1-c1cccs1. The van der Waals surface area contributed by atoms with Crippen LogP contribution in [0.4, 0.5) is 0 Å². The Balaban J connectivity index is 1.89. The number of amides is 1. The summed E-state index contributed by atoms with van der Waals surface area (Å²) in [6.07, 6.45) is 1.81. The van der Waals surface area contributed by atoms with Crippen molar-refractivity contribution in [1.82, 2.24) is 20.4 Å². The van der Waals surface area contributed by atoms with E-state index >= 15 is 0 Å². The Labute approximate surface area is 123 Å². The van der Waals surface area contributed by atoms with Crippen LogP contribution < -0.4 is 5.32 Å². The van der Waals surface area contributed by atoms with Crippen LogP contribution in [0.5, 0.6) is 0 Å². The Morgan fingerprint density at radius 1 is 1.45 bits per heavy atom. The van der Waals surface area contributed by atoms with E-state index in [9.17, 15) is 4.79 Å². The molecule has 0 unspecified atom stereocenters. The molecule has 0 bridgehead atoms. The van der Waals surface area contributed by atoms with Gasteiger partial charge in [-0.15, -0.1) is 11.3 Å². The number of rotatable bonds is 7. The summed E-state index contributed by atoms with van der Waals surface area (Å²) >= 11 is 1.67. The largest absolute Gasteiger partial charge is 0.342 e. The zero-order chi connectivity index (χ0) is 14.4. The van der Waals surface area contributed by atoms with Crippen molar-refractivity contribution in [3.05, 3.63) is 29.3 Å². The number of carbonyl (C=O) groups excluding carboxylic acids is 1. The molecule has 0 saturated heterocycles. The topological polar surface area (TPSA) is 61.0 Å². The van der Waals surface area contributed by atoms with Crippen molar-refractivity contribution in [2.45, 2.75) is 20.4 Å². The van der Waals surface area contributed by atoms with E-state index in [1.54, 1.807) is 11.3 Å². The number of thiophene rings is 1. The quantitative estimate of drug-likeness (QED) is 0.821. The van der Waals surface area contributed by atoms with Gasteiger partial charge in [-0.2, -0.15) is 5.10 Å². The molecular formula is C14H20N4OS. The summed E-state index contributed by atoms with van der Waals surface area (Å²) in [4.78, 5) is 14.9. The second-order valence-electron chi connectivity index (χ2n) is 4.42. The van der Waals surface area contributed by atoms with Crippen molar-refractivity contribution in [2.75, 3.05) is 19.6 Å². The lowest BCUT2D eigenvalue weighted by Gasteiger charge is -2.18. The third-order valence-corrected chi connectivity index (χ3v) is 4.08. The number of nitrogens with one attached hydrogen (secondary N) is 2.